The van der Waals surface area contributed by atoms with Gasteiger partial charge in [0.05, 0.1) is 22.1 Å². The van der Waals surface area contributed by atoms with Crippen LogP contribution >= 0.6 is 11.3 Å². The van der Waals surface area contributed by atoms with Crippen molar-refractivity contribution in [3.63, 3.8) is 0 Å². The van der Waals surface area contributed by atoms with Crippen molar-refractivity contribution in [1.29, 1.82) is 5.26 Å². The molecular formula is C25H21N7OS. The number of piperazine rings is 1. The molecule has 1 N–H and O–H groups in total. The Kier molecular flexibility index (Phi) is 5.00. The van der Waals surface area contributed by atoms with Crippen molar-refractivity contribution >= 4 is 44.2 Å². The number of H-pyrrole nitrogens is 1. The third-order valence-electron chi connectivity index (χ3n) is 6.30. The highest BCUT2D eigenvalue weighted by Gasteiger charge is 2.25. The molecule has 0 unspecified atom stereocenters. The molecule has 0 spiro atoms. The minimum atomic E-state index is 0.0618. The number of nitriles is 1. The predicted octanol–water partition coefficient (Wildman–Crippen LogP) is 3.86. The van der Waals surface area contributed by atoms with Crippen LogP contribution in [-0.2, 0) is 11.3 Å². The molecule has 34 heavy (non-hydrogen) atoms. The van der Waals surface area contributed by atoms with Crippen molar-refractivity contribution < 1.29 is 4.79 Å². The number of rotatable bonds is 4. The summed E-state index contributed by atoms with van der Waals surface area (Å²) in [5, 5.41) is 11.4. The van der Waals surface area contributed by atoms with Crippen molar-refractivity contribution in [2.75, 3.05) is 31.1 Å². The number of thiazole rings is 1. The van der Waals surface area contributed by atoms with Crippen LogP contribution in [0.4, 0.5) is 5.00 Å². The summed E-state index contributed by atoms with van der Waals surface area (Å²) in [5.41, 5.74) is 6.11. The number of aromatic amines is 1. The number of amides is 1. The van der Waals surface area contributed by atoms with Gasteiger partial charge in [0.25, 0.3) is 0 Å². The van der Waals surface area contributed by atoms with Gasteiger partial charge >= 0.3 is 0 Å². The van der Waals surface area contributed by atoms with Crippen LogP contribution in [0.2, 0.25) is 0 Å². The summed E-state index contributed by atoms with van der Waals surface area (Å²) in [7, 11) is 0. The van der Waals surface area contributed by atoms with E-state index in [1.165, 1.54) is 0 Å². The van der Waals surface area contributed by atoms with E-state index in [1.54, 1.807) is 17.5 Å². The first-order chi connectivity index (χ1) is 16.7. The lowest BCUT2D eigenvalue weighted by atomic mass is 10.2. The predicted molar refractivity (Wildman–Crippen MR) is 133 cm³/mol. The number of aromatic nitrogens is 4. The molecule has 2 aromatic carbocycles. The lowest BCUT2D eigenvalue weighted by Gasteiger charge is -2.35. The Bertz CT molecular complexity index is 1520. The van der Waals surface area contributed by atoms with E-state index in [1.807, 2.05) is 63.5 Å². The van der Waals surface area contributed by atoms with Gasteiger partial charge in [-0.3, -0.25) is 4.79 Å². The quantitative estimate of drug-likeness (QED) is 0.433. The van der Waals surface area contributed by atoms with Crippen LogP contribution in [0.1, 0.15) is 5.56 Å². The minimum absolute atomic E-state index is 0.0618. The number of anilines is 1. The van der Waals surface area contributed by atoms with Crippen molar-refractivity contribution in [3.05, 3.63) is 65.8 Å². The summed E-state index contributed by atoms with van der Waals surface area (Å²) in [4.78, 5) is 29.9. The van der Waals surface area contributed by atoms with Crippen LogP contribution in [0, 0.1) is 11.3 Å². The van der Waals surface area contributed by atoms with E-state index in [2.05, 4.69) is 20.9 Å². The first-order valence-electron chi connectivity index (χ1n) is 11.1. The molecular weight excluding hydrogens is 446 g/mol. The van der Waals surface area contributed by atoms with Crippen LogP contribution < -0.4 is 4.90 Å². The summed E-state index contributed by atoms with van der Waals surface area (Å²) in [6.07, 6.45) is 1.77. The Labute approximate surface area is 199 Å². The normalized spacial score (nSPS) is 14.1. The van der Waals surface area contributed by atoms with E-state index in [0.717, 1.165) is 51.5 Å². The van der Waals surface area contributed by atoms with Gasteiger partial charge in [-0.2, -0.15) is 5.26 Å². The fraction of sp³-hybridized carbons (Fsp3) is 0.200. The van der Waals surface area contributed by atoms with Crippen LogP contribution in [0.5, 0.6) is 0 Å². The lowest BCUT2D eigenvalue weighted by molar-refractivity contribution is -0.132. The van der Waals surface area contributed by atoms with Gasteiger partial charge in [0.2, 0.25) is 5.91 Å². The average molecular weight is 468 g/mol. The van der Waals surface area contributed by atoms with E-state index >= 15 is 0 Å². The van der Waals surface area contributed by atoms with Gasteiger partial charge in [-0.05, 0) is 18.2 Å². The first-order valence-corrected chi connectivity index (χ1v) is 12.0. The molecule has 9 heteroatoms. The first kappa shape index (κ1) is 20.4. The molecule has 3 aromatic heterocycles. The number of carbonyl (C=O) groups is 1. The molecule has 0 atom stereocenters. The molecule has 8 nitrogen and oxygen atoms in total. The summed E-state index contributed by atoms with van der Waals surface area (Å²) < 4.78 is 1.88. The molecule has 1 amide bonds. The van der Waals surface area contributed by atoms with E-state index in [9.17, 15) is 10.1 Å². The second kappa shape index (κ2) is 8.32. The molecule has 1 aliphatic rings. The standard InChI is InChI=1S/C25H21N7OS/c26-13-17-14-32(21-8-4-1-5-18(17)21)15-22(33)30-9-11-31(12-10-30)25-23(27-16-34-25)24-28-19-6-2-3-7-20(19)29-24/h1-8,14,16H,9-12,15H2,(H,28,29). The molecule has 0 aliphatic carbocycles. The zero-order valence-corrected chi connectivity index (χ0v) is 19.1. The molecule has 1 aliphatic heterocycles. The Morgan fingerprint density at radius 1 is 1.09 bits per heavy atom. The average Bonchev–Trinajstić information content (AvgIpc) is 3.61. The molecule has 1 saturated heterocycles. The van der Waals surface area contributed by atoms with Crippen LogP contribution in [-0.4, -0.2) is 56.5 Å². The van der Waals surface area contributed by atoms with Gasteiger partial charge in [0.1, 0.15) is 23.3 Å². The number of para-hydroxylation sites is 3. The van der Waals surface area contributed by atoms with Crippen molar-refractivity contribution in [1.82, 2.24) is 24.4 Å². The van der Waals surface area contributed by atoms with E-state index in [4.69, 9.17) is 4.98 Å². The Hall–Kier alpha value is -4.16. The van der Waals surface area contributed by atoms with Gasteiger partial charge < -0.3 is 19.4 Å². The number of hydrogen-bond donors (Lipinski definition) is 1. The highest BCUT2D eigenvalue weighted by molar-refractivity contribution is 7.14. The topological polar surface area (TPSA) is 93.8 Å². The molecule has 0 radical (unpaired) electrons. The molecule has 6 rings (SSSR count). The highest BCUT2D eigenvalue weighted by Crippen LogP contribution is 2.33. The van der Waals surface area contributed by atoms with Gasteiger partial charge in [-0.1, -0.05) is 30.3 Å². The summed E-state index contributed by atoms with van der Waals surface area (Å²) in [5.74, 6) is 0.829. The largest absolute Gasteiger partial charge is 0.358 e. The van der Waals surface area contributed by atoms with Gasteiger partial charge in [0, 0.05) is 43.3 Å². The maximum atomic E-state index is 13.1. The molecule has 5 aromatic rings. The van der Waals surface area contributed by atoms with Crippen molar-refractivity contribution in [2.45, 2.75) is 6.54 Å². The minimum Gasteiger partial charge on any atom is -0.358 e. The number of carbonyl (C=O) groups excluding carboxylic acids is 1. The molecule has 168 valence electrons. The van der Waals surface area contributed by atoms with Gasteiger partial charge in [-0.15, -0.1) is 11.3 Å². The smallest absolute Gasteiger partial charge is 0.242 e. The fourth-order valence-corrected chi connectivity index (χ4v) is 5.41. The monoisotopic (exact) mass is 467 g/mol. The summed E-state index contributed by atoms with van der Waals surface area (Å²) in [6, 6.07) is 17.9. The number of fused-ring (bicyclic) bond motifs is 2. The lowest BCUT2D eigenvalue weighted by Crippen LogP contribution is -2.49. The van der Waals surface area contributed by atoms with Crippen molar-refractivity contribution in [3.8, 4) is 17.6 Å². The third kappa shape index (κ3) is 3.49. The number of nitrogens with zero attached hydrogens (tertiary/aromatic N) is 6. The summed E-state index contributed by atoms with van der Waals surface area (Å²) >= 11 is 1.60. The maximum absolute atomic E-state index is 13.1. The zero-order chi connectivity index (χ0) is 23.1. The molecule has 0 bridgehead atoms. The third-order valence-corrected chi connectivity index (χ3v) is 7.18. The summed E-state index contributed by atoms with van der Waals surface area (Å²) in [6.45, 7) is 2.97. The van der Waals surface area contributed by atoms with E-state index < -0.39 is 0 Å². The second-order valence-corrected chi connectivity index (χ2v) is 9.11. The van der Waals surface area contributed by atoms with Crippen molar-refractivity contribution in [2.24, 2.45) is 0 Å². The Morgan fingerprint density at radius 3 is 2.71 bits per heavy atom. The van der Waals surface area contributed by atoms with E-state index in [-0.39, 0.29) is 12.5 Å². The Morgan fingerprint density at radius 2 is 1.88 bits per heavy atom. The number of hydrogen-bond acceptors (Lipinski definition) is 6. The van der Waals surface area contributed by atoms with Crippen LogP contribution in [0.25, 0.3) is 33.5 Å². The Balaban J connectivity index is 1.16. The SMILES string of the molecule is N#Cc1cn(CC(=O)N2CCN(c3scnc3-c3nc4ccccc4[nH]3)CC2)c2ccccc12. The second-order valence-electron chi connectivity index (χ2n) is 8.28. The molecule has 4 heterocycles. The van der Waals surface area contributed by atoms with E-state index in [0.29, 0.717) is 18.7 Å². The van der Waals surface area contributed by atoms with Gasteiger partial charge in [0.15, 0.2) is 5.82 Å². The number of nitrogens with one attached hydrogen (secondary N) is 1. The van der Waals surface area contributed by atoms with Crippen LogP contribution in [0.15, 0.2) is 60.2 Å². The highest BCUT2D eigenvalue weighted by atomic mass is 32.1. The van der Waals surface area contributed by atoms with Crippen LogP contribution in [0.3, 0.4) is 0 Å². The molecule has 0 saturated carbocycles. The number of benzene rings is 2. The zero-order valence-electron chi connectivity index (χ0n) is 18.3. The van der Waals surface area contributed by atoms with Gasteiger partial charge in [-0.25, -0.2) is 9.97 Å². The molecule has 1 fully saturated rings. The fourth-order valence-electron chi connectivity index (χ4n) is 4.56. The number of imidazole rings is 1. The maximum Gasteiger partial charge on any atom is 0.242 e.